The highest BCUT2D eigenvalue weighted by Crippen LogP contribution is 2.17. The fourth-order valence-corrected chi connectivity index (χ4v) is 1.97. The Labute approximate surface area is 98.3 Å². The molecular formula is C12H24N2O2. The predicted octanol–water partition coefficient (Wildman–Crippen LogP) is 1.01. The minimum absolute atomic E-state index is 0.242. The fraction of sp³-hybridized carbons (Fsp3) is 0.917. The Morgan fingerprint density at radius 3 is 3.00 bits per heavy atom. The molecule has 1 amide bonds. The van der Waals surface area contributed by atoms with E-state index in [1.807, 2.05) is 19.0 Å². The molecule has 1 atom stereocenters. The number of carbonyl (C=O) groups excluding carboxylic acids is 1. The summed E-state index contributed by atoms with van der Waals surface area (Å²) < 4.78 is 5.50. The van der Waals surface area contributed by atoms with Gasteiger partial charge in [-0.1, -0.05) is 0 Å². The third kappa shape index (κ3) is 4.94. The van der Waals surface area contributed by atoms with Crippen molar-refractivity contribution in [1.82, 2.24) is 10.2 Å². The first-order chi connectivity index (χ1) is 7.74. The fourth-order valence-electron chi connectivity index (χ4n) is 1.97. The SMILES string of the molecule is CNCCCN(C)C(=O)CCC1CCCO1. The minimum atomic E-state index is 0.242. The zero-order valence-corrected chi connectivity index (χ0v) is 10.5. The Bertz CT molecular complexity index is 203. The lowest BCUT2D eigenvalue weighted by Gasteiger charge is -2.18. The molecule has 4 nitrogen and oxygen atoms in total. The van der Waals surface area contributed by atoms with Gasteiger partial charge in [0.25, 0.3) is 0 Å². The monoisotopic (exact) mass is 228 g/mol. The Morgan fingerprint density at radius 2 is 2.38 bits per heavy atom. The average molecular weight is 228 g/mol. The van der Waals surface area contributed by atoms with Crippen molar-refractivity contribution in [1.29, 1.82) is 0 Å². The maximum absolute atomic E-state index is 11.7. The molecule has 0 spiro atoms. The van der Waals surface area contributed by atoms with Crippen molar-refractivity contribution in [3.63, 3.8) is 0 Å². The lowest BCUT2D eigenvalue weighted by molar-refractivity contribution is -0.130. The first-order valence-corrected chi connectivity index (χ1v) is 6.24. The van der Waals surface area contributed by atoms with Crippen LogP contribution in [0.1, 0.15) is 32.1 Å². The van der Waals surface area contributed by atoms with Gasteiger partial charge in [0, 0.05) is 26.6 Å². The van der Waals surface area contributed by atoms with E-state index in [-0.39, 0.29) is 5.91 Å². The first kappa shape index (κ1) is 13.5. The van der Waals surface area contributed by atoms with Crippen LogP contribution in [0.5, 0.6) is 0 Å². The van der Waals surface area contributed by atoms with Crippen molar-refractivity contribution in [2.24, 2.45) is 0 Å². The number of ether oxygens (including phenoxy) is 1. The Morgan fingerprint density at radius 1 is 1.56 bits per heavy atom. The third-order valence-corrected chi connectivity index (χ3v) is 3.05. The lowest BCUT2D eigenvalue weighted by atomic mass is 10.1. The van der Waals surface area contributed by atoms with Gasteiger partial charge in [0.1, 0.15) is 0 Å². The van der Waals surface area contributed by atoms with E-state index in [2.05, 4.69) is 5.32 Å². The molecular weight excluding hydrogens is 204 g/mol. The van der Waals surface area contributed by atoms with Crippen molar-refractivity contribution < 1.29 is 9.53 Å². The number of amides is 1. The maximum Gasteiger partial charge on any atom is 0.222 e. The molecule has 1 heterocycles. The lowest BCUT2D eigenvalue weighted by Crippen LogP contribution is -2.29. The van der Waals surface area contributed by atoms with Crippen LogP contribution >= 0.6 is 0 Å². The zero-order chi connectivity index (χ0) is 11.8. The highest BCUT2D eigenvalue weighted by Gasteiger charge is 2.17. The highest BCUT2D eigenvalue weighted by atomic mass is 16.5. The van der Waals surface area contributed by atoms with Gasteiger partial charge in [0.05, 0.1) is 6.10 Å². The van der Waals surface area contributed by atoms with Crippen LogP contribution in [-0.4, -0.2) is 50.7 Å². The molecule has 16 heavy (non-hydrogen) atoms. The summed E-state index contributed by atoms with van der Waals surface area (Å²) in [5.41, 5.74) is 0. The second kappa shape index (κ2) is 7.63. The van der Waals surface area contributed by atoms with Gasteiger partial charge < -0.3 is 15.0 Å². The summed E-state index contributed by atoms with van der Waals surface area (Å²) in [5.74, 6) is 0.242. The van der Waals surface area contributed by atoms with Crippen molar-refractivity contribution in [3.05, 3.63) is 0 Å². The maximum atomic E-state index is 11.7. The normalized spacial score (nSPS) is 20.0. The number of carbonyl (C=O) groups is 1. The van der Waals surface area contributed by atoms with Crippen molar-refractivity contribution in [3.8, 4) is 0 Å². The molecule has 0 aromatic heterocycles. The summed E-state index contributed by atoms with van der Waals surface area (Å²) in [5, 5.41) is 3.08. The molecule has 1 unspecified atom stereocenters. The number of nitrogens with zero attached hydrogens (tertiary/aromatic N) is 1. The first-order valence-electron chi connectivity index (χ1n) is 6.24. The summed E-state index contributed by atoms with van der Waals surface area (Å²) in [7, 11) is 3.81. The molecule has 0 aromatic carbocycles. The summed E-state index contributed by atoms with van der Waals surface area (Å²) in [4.78, 5) is 13.6. The van der Waals surface area contributed by atoms with Crippen LogP contribution in [0.15, 0.2) is 0 Å². The molecule has 1 N–H and O–H groups in total. The molecule has 1 rings (SSSR count). The summed E-state index contributed by atoms with van der Waals surface area (Å²) in [6.45, 7) is 2.67. The third-order valence-electron chi connectivity index (χ3n) is 3.05. The summed E-state index contributed by atoms with van der Waals surface area (Å²) >= 11 is 0. The van der Waals surface area contributed by atoms with Crippen LogP contribution in [0.25, 0.3) is 0 Å². The van der Waals surface area contributed by atoms with E-state index in [9.17, 15) is 4.79 Å². The number of hydrogen-bond donors (Lipinski definition) is 1. The van der Waals surface area contributed by atoms with E-state index in [1.165, 1.54) is 0 Å². The molecule has 0 aliphatic carbocycles. The van der Waals surface area contributed by atoms with Crippen LogP contribution in [0, 0.1) is 0 Å². The Hall–Kier alpha value is -0.610. The van der Waals surface area contributed by atoms with E-state index >= 15 is 0 Å². The molecule has 0 aromatic rings. The van der Waals surface area contributed by atoms with Gasteiger partial charge in [-0.25, -0.2) is 0 Å². The number of nitrogens with one attached hydrogen (secondary N) is 1. The standard InChI is InChI=1S/C12H24N2O2/c1-13-8-4-9-14(2)12(15)7-6-11-5-3-10-16-11/h11,13H,3-10H2,1-2H3. The Balaban J connectivity index is 2.08. The Kier molecular flexibility index (Phi) is 6.42. The average Bonchev–Trinajstić information content (AvgIpc) is 2.79. The number of hydrogen-bond acceptors (Lipinski definition) is 3. The molecule has 0 saturated carbocycles. The molecule has 1 aliphatic rings. The van der Waals surface area contributed by atoms with Crippen molar-refractivity contribution in [2.45, 2.75) is 38.2 Å². The zero-order valence-electron chi connectivity index (χ0n) is 10.5. The van der Waals surface area contributed by atoms with Crippen LogP contribution in [0.2, 0.25) is 0 Å². The molecule has 1 saturated heterocycles. The number of rotatable bonds is 7. The van der Waals surface area contributed by atoms with E-state index in [4.69, 9.17) is 4.74 Å². The van der Waals surface area contributed by atoms with Gasteiger partial charge in [-0.2, -0.15) is 0 Å². The smallest absolute Gasteiger partial charge is 0.222 e. The van der Waals surface area contributed by atoms with Crippen LogP contribution in [0.4, 0.5) is 0 Å². The van der Waals surface area contributed by atoms with E-state index in [0.29, 0.717) is 12.5 Å². The largest absolute Gasteiger partial charge is 0.378 e. The molecule has 1 aliphatic heterocycles. The minimum Gasteiger partial charge on any atom is -0.378 e. The van der Waals surface area contributed by atoms with Gasteiger partial charge in [-0.3, -0.25) is 4.79 Å². The summed E-state index contributed by atoms with van der Waals surface area (Å²) in [6, 6.07) is 0. The second-order valence-electron chi connectivity index (χ2n) is 4.45. The van der Waals surface area contributed by atoms with Gasteiger partial charge in [-0.05, 0) is 39.3 Å². The highest BCUT2D eigenvalue weighted by molar-refractivity contribution is 5.75. The van der Waals surface area contributed by atoms with Gasteiger partial charge >= 0.3 is 0 Å². The van der Waals surface area contributed by atoms with E-state index in [1.54, 1.807) is 0 Å². The topological polar surface area (TPSA) is 41.6 Å². The molecule has 0 radical (unpaired) electrons. The summed E-state index contributed by atoms with van der Waals surface area (Å²) in [6.07, 6.45) is 5.12. The quantitative estimate of drug-likeness (QED) is 0.661. The van der Waals surface area contributed by atoms with Crippen molar-refractivity contribution in [2.75, 3.05) is 33.8 Å². The van der Waals surface area contributed by atoms with Gasteiger partial charge in [0.2, 0.25) is 5.91 Å². The van der Waals surface area contributed by atoms with E-state index in [0.717, 1.165) is 45.4 Å². The van der Waals surface area contributed by atoms with Crippen molar-refractivity contribution >= 4 is 5.91 Å². The molecule has 1 fully saturated rings. The van der Waals surface area contributed by atoms with Crippen LogP contribution in [0.3, 0.4) is 0 Å². The second-order valence-corrected chi connectivity index (χ2v) is 4.45. The predicted molar refractivity (Wildman–Crippen MR) is 64.4 cm³/mol. The molecule has 0 bridgehead atoms. The van der Waals surface area contributed by atoms with Gasteiger partial charge in [-0.15, -0.1) is 0 Å². The molecule has 4 heteroatoms. The van der Waals surface area contributed by atoms with Crippen LogP contribution in [-0.2, 0) is 9.53 Å². The van der Waals surface area contributed by atoms with Crippen LogP contribution < -0.4 is 5.32 Å². The van der Waals surface area contributed by atoms with Gasteiger partial charge in [0.15, 0.2) is 0 Å². The molecule has 94 valence electrons. The van der Waals surface area contributed by atoms with E-state index < -0.39 is 0 Å².